The SMILES string of the molecule is CCn1c(C)cc(C(=O)COC(=O)c2ccc(OC(C)C)c(OC)c2)c1C. The molecule has 6 nitrogen and oxygen atoms in total. The molecule has 0 radical (unpaired) electrons. The van der Waals surface area contributed by atoms with Crippen LogP contribution < -0.4 is 9.47 Å². The molecule has 1 aromatic heterocycles. The summed E-state index contributed by atoms with van der Waals surface area (Å²) in [4.78, 5) is 24.8. The van der Waals surface area contributed by atoms with Crippen molar-refractivity contribution in [2.24, 2.45) is 0 Å². The monoisotopic (exact) mass is 373 g/mol. The number of carbonyl (C=O) groups is 2. The van der Waals surface area contributed by atoms with Crippen LogP contribution in [0.5, 0.6) is 11.5 Å². The highest BCUT2D eigenvalue weighted by Gasteiger charge is 2.18. The maximum atomic E-state index is 12.4. The molecular weight excluding hydrogens is 346 g/mol. The minimum absolute atomic E-state index is 0.0172. The molecule has 0 aliphatic heterocycles. The molecule has 1 heterocycles. The zero-order valence-electron chi connectivity index (χ0n) is 16.8. The number of ether oxygens (including phenoxy) is 3. The van der Waals surface area contributed by atoms with Crippen molar-refractivity contribution in [1.29, 1.82) is 0 Å². The van der Waals surface area contributed by atoms with Gasteiger partial charge in [0.2, 0.25) is 5.78 Å². The van der Waals surface area contributed by atoms with E-state index in [1.807, 2.05) is 45.3 Å². The molecular formula is C21H27NO5. The van der Waals surface area contributed by atoms with Crippen LogP contribution in [0.15, 0.2) is 24.3 Å². The lowest BCUT2D eigenvalue weighted by Gasteiger charge is -2.14. The van der Waals surface area contributed by atoms with Gasteiger partial charge in [-0.25, -0.2) is 4.79 Å². The summed E-state index contributed by atoms with van der Waals surface area (Å²) in [5.41, 5.74) is 2.78. The number of benzene rings is 1. The lowest BCUT2D eigenvalue weighted by molar-refractivity contribution is 0.0474. The second-order valence-corrected chi connectivity index (χ2v) is 6.56. The van der Waals surface area contributed by atoms with Crippen LogP contribution in [-0.2, 0) is 11.3 Å². The average Bonchev–Trinajstić information content (AvgIpc) is 2.92. The predicted molar refractivity (Wildman–Crippen MR) is 103 cm³/mol. The van der Waals surface area contributed by atoms with E-state index in [9.17, 15) is 9.59 Å². The molecule has 146 valence electrons. The van der Waals surface area contributed by atoms with E-state index in [2.05, 4.69) is 0 Å². The standard InChI is InChI=1S/C21H27NO5/c1-7-22-14(4)10-17(15(22)5)18(23)12-26-21(24)16-8-9-19(27-13(2)3)20(11-16)25-6/h8-11,13H,7,12H2,1-6H3. The molecule has 6 heteroatoms. The third-order valence-electron chi connectivity index (χ3n) is 4.29. The van der Waals surface area contributed by atoms with Crippen LogP contribution in [0, 0.1) is 13.8 Å². The Labute approximate surface area is 160 Å². The molecule has 2 aromatic rings. The Kier molecular flexibility index (Phi) is 6.66. The second-order valence-electron chi connectivity index (χ2n) is 6.56. The van der Waals surface area contributed by atoms with Gasteiger partial charge in [0.1, 0.15) is 0 Å². The number of hydrogen-bond acceptors (Lipinski definition) is 5. The second kappa shape index (κ2) is 8.75. The molecule has 0 saturated carbocycles. The zero-order valence-corrected chi connectivity index (χ0v) is 16.8. The minimum atomic E-state index is -0.581. The van der Waals surface area contributed by atoms with Gasteiger partial charge in [0.15, 0.2) is 18.1 Å². The topological polar surface area (TPSA) is 66.8 Å². The van der Waals surface area contributed by atoms with Gasteiger partial charge in [-0.1, -0.05) is 0 Å². The summed E-state index contributed by atoms with van der Waals surface area (Å²) in [6.07, 6.45) is -0.0172. The molecule has 0 aliphatic rings. The van der Waals surface area contributed by atoms with Crippen LogP contribution in [0.3, 0.4) is 0 Å². The van der Waals surface area contributed by atoms with Gasteiger partial charge in [0.25, 0.3) is 0 Å². The van der Waals surface area contributed by atoms with Crippen molar-refractivity contribution in [2.75, 3.05) is 13.7 Å². The molecule has 0 saturated heterocycles. The Balaban J connectivity index is 2.08. The quantitative estimate of drug-likeness (QED) is 0.518. The Morgan fingerprint density at radius 2 is 1.81 bits per heavy atom. The number of nitrogens with zero attached hydrogens (tertiary/aromatic N) is 1. The van der Waals surface area contributed by atoms with Crippen LogP contribution in [0.4, 0.5) is 0 Å². The van der Waals surface area contributed by atoms with Crippen LogP contribution in [-0.4, -0.2) is 36.1 Å². The number of carbonyl (C=O) groups excluding carboxylic acids is 2. The maximum Gasteiger partial charge on any atom is 0.338 e. The Morgan fingerprint density at radius 3 is 2.37 bits per heavy atom. The average molecular weight is 373 g/mol. The molecule has 0 aliphatic carbocycles. The van der Waals surface area contributed by atoms with Crippen LogP contribution >= 0.6 is 0 Å². The van der Waals surface area contributed by atoms with Gasteiger partial charge in [0, 0.05) is 23.5 Å². The zero-order chi connectivity index (χ0) is 20.1. The van der Waals surface area contributed by atoms with E-state index in [0.717, 1.165) is 17.9 Å². The summed E-state index contributed by atoms with van der Waals surface area (Å²) in [6, 6.07) is 6.63. The molecule has 0 amide bonds. The predicted octanol–water partition coefficient (Wildman–Crippen LogP) is 3.96. The molecule has 27 heavy (non-hydrogen) atoms. The van der Waals surface area contributed by atoms with Crippen molar-refractivity contribution in [3.05, 3.63) is 46.8 Å². The fourth-order valence-corrected chi connectivity index (χ4v) is 3.01. The number of esters is 1. The highest BCUT2D eigenvalue weighted by molar-refractivity contribution is 6.00. The molecule has 0 N–H and O–H groups in total. The Bertz CT molecular complexity index is 835. The molecule has 0 fully saturated rings. The third kappa shape index (κ3) is 4.70. The first-order chi connectivity index (χ1) is 12.8. The summed E-state index contributed by atoms with van der Waals surface area (Å²) in [7, 11) is 1.50. The van der Waals surface area contributed by atoms with Crippen molar-refractivity contribution < 1.29 is 23.8 Å². The van der Waals surface area contributed by atoms with Gasteiger partial charge >= 0.3 is 5.97 Å². The van der Waals surface area contributed by atoms with Gasteiger partial charge in [-0.2, -0.15) is 0 Å². The van der Waals surface area contributed by atoms with Crippen LogP contribution in [0.1, 0.15) is 52.9 Å². The molecule has 0 unspecified atom stereocenters. The normalized spacial score (nSPS) is 10.8. The number of ketones is 1. The largest absolute Gasteiger partial charge is 0.493 e. The summed E-state index contributed by atoms with van der Waals surface area (Å²) in [5, 5.41) is 0. The van der Waals surface area contributed by atoms with E-state index in [1.54, 1.807) is 18.2 Å². The summed E-state index contributed by atoms with van der Waals surface area (Å²) < 4.78 is 18.2. The van der Waals surface area contributed by atoms with E-state index in [0.29, 0.717) is 22.6 Å². The summed E-state index contributed by atoms with van der Waals surface area (Å²) >= 11 is 0. The molecule has 0 spiro atoms. The number of rotatable bonds is 8. The fourth-order valence-electron chi connectivity index (χ4n) is 3.01. The summed E-state index contributed by atoms with van der Waals surface area (Å²) in [6.45, 7) is 10.2. The fraction of sp³-hybridized carbons (Fsp3) is 0.429. The third-order valence-corrected chi connectivity index (χ3v) is 4.29. The van der Waals surface area contributed by atoms with E-state index >= 15 is 0 Å². The molecule has 2 rings (SSSR count). The Morgan fingerprint density at radius 1 is 1.11 bits per heavy atom. The van der Waals surface area contributed by atoms with Crippen molar-refractivity contribution in [3.8, 4) is 11.5 Å². The Hall–Kier alpha value is -2.76. The first-order valence-corrected chi connectivity index (χ1v) is 9.00. The van der Waals surface area contributed by atoms with Crippen molar-refractivity contribution in [2.45, 2.75) is 47.3 Å². The van der Waals surface area contributed by atoms with E-state index < -0.39 is 5.97 Å². The van der Waals surface area contributed by atoms with E-state index in [1.165, 1.54) is 7.11 Å². The number of aryl methyl sites for hydroxylation is 1. The van der Waals surface area contributed by atoms with Crippen LogP contribution in [0.2, 0.25) is 0 Å². The van der Waals surface area contributed by atoms with Gasteiger partial charge < -0.3 is 18.8 Å². The molecule has 0 bridgehead atoms. The van der Waals surface area contributed by atoms with Gasteiger partial charge in [-0.05, 0) is 58.9 Å². The highest BCUT2D eigenvalue weighted by Crippen LogP contribution is 2.29. The maximum absolute atomic E-state index is 12.4. The number of methoxy groups -OCH3 is 1. The number of hydrogen-bond donors (Lipinski definition) is 0. The van der Waals surface area contributed by atoms with Crippen LogP contribution in [0.25, 0.3) is 0 Å². The van der Waals surface area contributed by atoms with Crippen molar-refractivity contribution >= 4 is 11.8 Å². The number of aromatic nitrogens is 1. The van der Waals surface area contributed by atoms with Gasteiger partial charge in [-0.15, -0.1) is 0 Å². The lowest BCUT2D eigenvalue weighted by atomic mass is 10.1. The van der Waals surface area contributed by atoms with Crippen molar-refractivity contribution in [3.63, 3.8) is 0 Å². The highest BCUT2D eigenvalue weighted by atomic mass is 16.5. The van der Waals surface area contributed by atoms with Crippen molar-refractivity contribution in [1.82, 2.24) is 4.57 Å². The summed E-state index contributed by atoms with van der Waals surface area (Å²) in [5.74, 6) is 0.188. The van der Waals surface area contributed by atoms with E-state index in [4.69, 9.17) is 14.2 Å². The smallest absolute Gasteiger partial charge is 0.338 e. The molecule has 0 atom stereocenters. The minimum Gasteiger partial charge on any atom is -0.493 e. The molecule has 1 aromatic carbocycles. The first-order valence-electron chi connectivity index (χ1n) is 9.00. The van der Waals surface area contributed by atoms with E-state index in [-0.39, 0.29) is 18.5 Å². The van der Waals surface area contributed by atoms with Gasteiger partial charge in [0.05, 0.1) is 18.8 Å². The van der Waals surface area contributed by atoms with Gasteiger partial charge in [-0.3, -0.25) is 4.79 Å². The first kappa shape index (κ1) is 20.6. The lowest BCUT2D eigenvalue weighted by Crippen LogP contribution is -2.15. The number of Topliss-reactive ketones (excluding diaryl/α,β-unsaturated/α-hetero) is 1.